The molecule has 0 spiro atoms. The third-order valence-electron chi connectivity index (χ3n) is 4.94. The van der Waals surface area contributed by atoms with E-state index in [1.54, 1.807) is 0 Å². The van der Waals surface area contributed by atoms with Gasteiger partial charge < -0.3 is 16.4 Å². The van der Waals surface area contributed by atoms with Crippen molar-refractivity contribution in [3.05, 3.63) is 78.0 Å². The third-order valence-corrected chi connectivity index (χ3v) is 4.94. The van der Waals surface area contributed by atoms with Gasteiger partial charge in [0.15, 0.2) is 0 Å². The number of nitrogens with zero attached hydrogens (tertiary/aromatic N) is 2. The molecule has 35 heavy (non-hydrogen) atoms. The van der Waals surface area contributed by atoms with Gasteiger partial charge in [0.25, 0.3) is 0 Å². The number of nitrogens with one attached hydrogen (secondary N) is 2. The Kier molecular flexibility index (Phi) is 5.97. The van der Waals surface area contributed by atoms with E-state index >= 15 is 0 Å². The van der Waals surface area contributed by atoms with Gasteiger partial charge in [0.2, 0.25) is 5.95 Å². The Labute approximate surface area is 193 Å². The molecule has 6 nitrogen and oxygen atoms in total. The SMILES string of the molecule is Nc1ncc2cc(-c3cc(NC(=O)Nc4cccc(C(F)(F)F)c4)ccc3C(F)(F)F)ccc2n1. The number of amides is 2. The number of fused-ring (bicyclic) bond motifs is 1. The van der Waals surface area contributed by atoms with E-state index in [1.165, 1.54) is 30.5 Å². The van der Waals surface area contributed by atoms with Gasteiger partial charge in [-0.25, -0.2) is 14.8 Å². The zero-order valence-electron chi connectivity index (χ0n) is 17.5. The molecule has 4 aromatic rings. The highest BCUT2D eigenvalue weighted by molar-refractivity contribution is 6.00. The van der Waals surface area contributed by atoms with Gasteiger partial charge in [0.1, 0.15) is 0 Å². The first-order valence-corrected chi connectivity index (χ1v) is 9.89. The van der Waals surface area contributed by atoms with Crippen molar-refractivity contribution in [2.75, 3.05) is 16.4 Å². The molecule has 0 aliphatic heterocycles. The number of alkyl halides is 6. The maximum Gasteiger partial charge on any atom is 0.417 e. The number of carbonyl (C=O) groups is 1. The average molecular weight is 491 g/mol. The normalized spacial score (nSPS) is 11.9. The molecule has 0 fully saturated rings. The predicted molar refractivity (Wildman–Crippen MR) is 118 cm³/mol. The molecule has 3 aromatic carbocycles. The van der Waals surface area contributed by atoms with Crippen molar-refractivity contribution in [3.8, 4) is 11.1 Å². The molecule has 2 amide bonds. The number of urea groups is 1. The Balaban J connectivity index is 1.64. The molecule has 0 bridgehead atoms. The van der Waals surface area contributed by atoms with Crippen LogP contribution in [0, 0.1) is 0 Å². The van der Waals surface area contributed by atoms with Crippen molar-refractivity contribution >= 4 is 34.3 Å². The van der Waals surface area contributed by atoms with Crippen LogP contribution in [0.4, 0.5) is 48.5 Å². The number of anilines is 3. The second kappa shape index (κ2) is 8.78. The van der Waals surface area contributed by atoms with Crippen LogP contribution >= 0.6 is 0 Å². The summed E-state index contributed by atoms with van der Waals surface area (Å²) in [4.78, 5) is 20.2. The Morgan fingerprint density at radius 2 is 1.54 bits per heavy atom. The summed E-state index contributed by atoms with van der Waals surface area (Å²) in [6, 6.07) is 10.3. The number of hydrogen-bond acceptors (Lipinski definition) is 4. The molecular formula is C23H15F6N5O. The van der Waals surface area contributed by atoms with Gasteiger partial charge in [0.05, 0.1) is 16.6 Å². The molecule has 0 atom stereocenters. The molecule has 0 aliphatic rings. The number of nitrogens with two attached hydrogens (primary N) is 1. The van der Waals surface area contributed by atoms with Crippen LogP contribution < -0.4 is 16.4 Å². The van der Waals surface area contributed by atoms with Gasteiger partial charge in [-0.15, -0.1) is 0 Å². The minimum Gasteiger partial charge on any atom is -0.368 e. The lowest BCUT2D eigenvalue weighted by atomic mass is 9.97. The topological polar surface area (TPSA) is 92.9 Å². The van der Waals surface area contributed by atoms with E-state index in [2.05, 4.69) is 20.6 Å². The summed E-state index contributed by atoms with van der Waals surface area (Å²) in [5, 5.41) is 5.03. The highest BCUT2D eigenvalue weighted by Crippen LogP contribution is 2.39. The molecule has 1 heterocycles. The van der Waals surface area contributed by atoms with E-state index in [0.717, 1.165) is 36.4 Å². The van der Waals surface area contributed by atoms with Crippen LogP contribution in [0.5, 0.6) is 0 Å². The van der Waals surface area contributed by atoms with Crippen molar-refractivity contribution in [3.63, 3.8) is 0 Å². The second-order valence-corrected chi connectivity index (χ2v) is 7.42. The van der Waals surface area contributed by atoms with Gasteiger partial charge in [-0.2, -0.15) is 26.3 Å². The van der Waals surface area contributed by atoms with Gasteiger partial charge >= 0.3 is 18.4 Å². The Hall–Kier alpha value is -4.35. The summed E-state index contributed by atoms with van der Waals surface area (Å²) >= 11 is 0. The number of carbonyl (C=O) groups excluding carboxylic acids is 1. The first-order valence-electron chi connectivity index (χ1n) is 9.89. The maximum absolute atomic E-state index is 13.7. The quantitative estimate of drug-likeness (QED) is 0.283. The highest BCUT2D eigenvalue weighted by atomic mass is 19.4. The summed E-state index contributed by atoms with van der Waals surface area (Å²) in [5.41, 5.74) is 3.86. The molecule has 0 radical (unpaired) electrons. The Morgan fingerprint density at radius 1 is 0.829 bits per heavy atom. The fourth-order valence-electron chi connectivity index (χ4n) is 3.39. The molecule has 0 saturated heterocycles. The lowest BCUT2D eigenvalue weighted by Crippen LogP contribution is -2.20. The summed E-state index contributed by atoms with van der Waals surface area (Å²) in [5.74, 6) is 0.0132. The largest absolute Gasteiger partial charge is 0.417 e. The van der Waals surface area contributed by atoms with Crippen LogP contribution in [-0.2, 0) is 12.4 Å². The Morgan fingerprint density at radius 3 is 2.23 bits per heavy atom. The summed E-state index contributed by atoms with van der Waals surface area (Å²) < 4.78 is 79.7. The lowest BCUT2D eigenvalue weighted by molar-refractivity contribution is -0.138. The van der Waals surface area contributed by atoms with E-state index in [0.29, 0.717) is 10.9 Å². The van der Waals surface area contributed by atoms with Crippen LogP contribution in [0.25, 0.3) is 22.0 Å². The molecule has 12 heteroatoms. The molecule has 0 unspecified atom stereocenters. The van der Waals surface area contributed by atoms with E-state index in [-0.39, 0.29) is 28.5 Å². The van der Waals surface area contributed by atoms with E-state index in [9.17, 15) is 31.1 Å². The van der Waals surface area contributed by atoms with Gasteiger partial charge in [-0.1, -0.05) is 12.1 Å². The lowest BCUT2D eigenvalue weighted by Gasteiger charge is -2.16. The number of nitrogen functional groups attached to an aromatic ring is 1. The second-order valence-electron chi connectivity index (χ2n) is 7.42. The van der Waals surface area contributed by atoms with Crippen molar-refractivity contribution in [1.82, 2.24) is 9.97 Å². The minimum atomic E-state index is -4.69. The van der Waals surface area contributed by atoms with Crippen LogP contribution in [0.3, 0.4) is 0 Å². The number of rotatable bonds is 3. The van der Waals surface area contributed by atoms with Gasteiger partial charge in [-0.05, 0) is 59.7 Å². The third kappa shape index (κ3) is 5.42. The fourth-order valence-corrected chi connectivity index (χ4v) is 3.39. The summed E-state index contributed by atoms with van der Waals surface area (Å²) in [6.45, 7) is 0. The molecule has 0 aliphatic carbocycles. The monoisotopic (exact) mass is 491 g/mol. The van der Waals surface area contributed by atoms with Crippen LogP contribution in [0.2, 0.25) is 0 Å². The molecule has 180 valence electrons. The van der Waals surface area contributed by atoms with Crippen LogP contribution in [0.15, 0.2) is 66.9 Å². The van der Waals surface area contributed by atoms with Crippen LogP contribution in [-0.4, -0.2) is 16.0 Å². The van der Waals surface area contributed by atoms with Gasteiger partial charge in [0, 0.05) is 23.0 Å². The maximum atomic E-state index is 13.7. The first kappa shape index (κ1) is 23.8. The zero-order valence-corrected chi connectivity index (χ0v) is 17.5. The summed E-state index contributed by atoms with van der Waals surface area (Å²) in [6.07, 6.45) is -7.92. The Bertz CT molecular complexity index is 1420. The predicted octanol–water partition coefficient (Wildman–Crippen LogP) is 6.56. The molecule has 4 rings (SSSR count). The molecule has 4 N–H and O–H groups in total. The van der Waals surface area contributed by atoms with Crippen LogP contribution in [0.1, 0.15) is 11.1 Å². The first-order chi connectivity index (χ1) is 16.4. The number of halogens is 6. The van der Waals surface area contributed by atoms with E-state index < -0.39 is 29.5 Å². The summed E-state index contributed by atoms with van der Waals surface area (Å²) in [7, 11) is 0. The van der Waals surface area contributed by atoms with Crippen molar-refractivity contribution in [2.45, 2.75) is 12.4 Å². The fraction of sp³-hybridized carbons (Fsp3) is 0.0870. The van der Waals surface area contributed by atoms with E-state index in [4.69, 9.17) is 5.73 Å². The number of benzene rings is 3. The number of hydrogen-bond donors (Lipinski definition) is 3. The number of aromatic nitrogens is 2. The van der Waals surface area contributed by atoms with Crippen molar-refractivity contribution in [2.24, 2.45) is 0 Å². The average Bonchev–Trinajstić information content (AvgIpc) is 2.77. The highest BCUT2D eigenvalue weighted by Gasteiger charge is 2.34. The van der Waals surface area contributed by atoms with Crippen molar-refractivity contribution in [1.29, 1.82) is 0 Å². The standard InChI is InChI=1S/C23H15F6N5O/c24-22(25,26)14-2-1-3-15(9-14)32-21(35)33-16-5-6-18(23(27,28)29)17(10-16)12-4-7-19-13(8-12)11-31-20(30)34-19/h1-11H,(H2,30,31,34)(H2,32,33,35). The van der Waals surface area contributed by atoms with Gasteiger partial charge in [-0.3, -0.25) is 0 Å². The van der Waals surface area contributed by atoms with E-state index in [1.807, 2.05) is 0 Å². The molecule has 0 saturated carbocycles. The molecular weight excluding hydrogens is 476 g/mol. The smallest absolute Gasteiger partial charge is 0.368 e. The molecule has 1 aromatic heterocycles. The minimum absolute atomic E-state index is 0.00821. The zero-order chi connectivity index (χ0) is 25.4. The van der Waals surface area contributed by atoms with Crippen molar-refractivity contribution < 1.29 is 31.1 Å².